The minimum atomic E-state index is -0.162. The molecule has 156 valence electrons. The lowest BCUT2D eigenvalue weighted by Crippen LogP contribution is -2.67. The molecule has 0 radical (unpaired) electrons. The summed E-state index contributed by atoms with van der Waals surface area (Å²) in [6.07, 6.45) is 1.85. The number of rotatable bonds is 3. The summed E-state index contributed by atoms with van der Waals surface area (Å²) in [4.78, 5) is 7.96. The Kier molecular flexibility index (Phi) is 4.18. The van der Waals surface area contributed by atoms with E-state index in [-0.39, 0.29) is 11.9 Å². The Morgan fingerprint density at radius 1 is 1.23 bits per heavy atom. The van der Waals surface area contributed by atoms with Crippen molar-refractivity contribution in [1.82, 2.24) is 10.3 Å². The number of thiophene rings is 1. The average Bonchev–Trinajstić information content (AvgIpc) is 3.10. The highest BCUT2D eigenvalue weighted by Gasteiger charge is 2.37. The summed E-state index contributed by atoms with van der Waals surface area (Å²) in [5.74, 6) is 0.531. The summed E-state index contributed by atoms with van der Waals surface area (Å²) in [7, 11) is 0. The molecule has 4 aliphatic rings. The number of piperidine rings is 1. The van der Waals surface area contributed by atoms with E-state index in [1.807, 2.05) is 13.0 Å². The first-order valence-electron chi connectivity index (χ1n) is 10.6. The van der Waals surface area contributed by atoms with Crippen molar-refractivity contribution in [2.24, 2.45) is 0 Å². The topological polar surface area (TPSA) is 49.4 Å². The number of pyridine rings is 1. The van der Waals surface area contributed by atoms with Gasteiger partial charge >= 0.3 is 0 Å². The molecule has 6 heterocycles. The van der Waals surface area contributed by atoms with Crippen molar-refractivity contribution < 1.29 is 9.13 Å². The third kappa shape index (κ3) is 3.03. The van der Waals surface area contributed by atoms with Crippen LogP contribution in [0.15, 0.2) is 23.6 Å². The average molecular weight is 425 g/mol. The zero-order valence-corrected chi connectivity index (χ0v) is 18.0. The fourth-order valence-electron chi connectivity index (χ4n) is 5.14. The van der Waals surface area contributed by atoms with Crippen LogP contribution in [0.2, 0.25) is 0 Å². The van der Waals surface area contributed by atoms with Gasteiger partial charge in [0.2, 0.25) is 0 Å². The molecule has 3 fully saturated rings. The van der Waals surface area contributed by atoms with Gasteiger partial charge in [-0.25, -0.2) is 9.37 Å². The lowest BCUT2D eigenvalue weighted by Gasteiger charge is -2.49. The third-order valence-corrected chi connectivity index (χ3v) is 7.42. The van der Waals surface area contributed by atoms with Crippen molar-refractivity contribution in [2.45, 2.75) is 44.8 Å². The van der Waals surface area contributed by atoms with Crippen molar-refractivity contribution in [2.75, 3.05) is 29.9 Å². The number of fused-ring (bicyclic) bond motifs is 4. The number of nitrogens with one attached hydrogen (secondary N) is 2. The lowest BCUT2D eigenvalue weighted by atomic mass is 9.90. The fourth-order valence-corrected chi connectivity index (χ4v) is 6.14. The van der Waals surface area contributed by atoms with Crippen molar-refractivity contribution in [3.8, 4) is 5.75 Å². The smallest absolute Gasteiger partial charge is 0.132 e. The molecule has 3 aromatic rings. The van der Waals surface area contributed by atoms with E-state index in [4.69, 9.17) is 4.74 Å². The summed E-state index contributed by atoms with van der Waals surface area (Å²) in [5, 5.41) is 10.4. The number of aromatic nitrogens is 1. The van der Waals surface area contributed by atoms with Gasteiger partial charge in [0.25, 0.3) is 0 Å². The second-order valence-electron chi connectivity index (χ2n) is 8.87. The van der Waals surface area contributed by atoms with E-state index in [9.17, 15) is 0 Å². The van der Waals surface area contributed by atoms with Gasteiger partial charge in [-0.15, -0.1) is 11.3 Å². The van der Waals surface area contributed by atoms with Gasteiger partial charge in [-0.1, -0.05) is 0 Å². The van der Waals surface area contributed by atoms with Crippen LogP contribution in [-0.4, -0.2) is 42.8 Å². The number of ether oxygens (including phenoxy) is 1. The maximum absolute atomic E-state index is 15.1. The van der Waals surface area contributed by atoms with Gasteiger partial charge in [0, 0.05) is 65.4 Å². The van der Waals surface area contributed by atoms with Crippen LogP contribution in [0.25, 0.3) is 10.2 Å². The molecule has 5 nitrogen and oxygen atoms in total. The fraction of sp³-hybridized carbons (Fsp3) is 0.435. The zero-order valence-electron chi connectivity index (χ0n) is 17.2. The summed E-state index contributed by atoms with van der Waals surface area (Å²) >= 11 is 1.64. The van der Waals surface area contributed by atoms with E-state index in [0.717, 1.165) is 40.4 Å². The van der Waals surface area contributed by atoms with Crippen LogP contribution < -0.4 is 20.3 Å². The van der Waals surface area contributed by atoms with Crippen molar-refractivity contribution in [3.63, 3.8) is 0 Å². The molecule has 3 saturated heterocycles. The third-order valence-electron chi connectivity index (χ3n) is 6.55. The molecule has 2 N–H and O–H groups in total. The van der Waals surface area contributed by atoms with Crippen molar-refractivity contribution >= 4 is 32.9 Å². The van der Waals surface area contributed by atoms with E-state index in [2.05, 4.69) is 38.9 Å². The number of anilines is 2. The van der Waals surface area contributed by atoms with Crippen LogP contribution in [0.3, 0.4) is 0 Å². The lowest BCUT2D eigenvalue weighted by molar-refractivity contribution is 0.225. The quantitative estimate of drug-likeness (QED) is 0.665. The molecule has 30 heavy (non-hydrogen) atoms. The molecule has 2 unspecified atom stereocenters. The molecule has 7 heteroatoms. The number of aryl methyl sites for hydroxylation is 2. The molecular weight excluding hydrogens is 399 g/mol. The highest BCUT2D eigenvalue weighted by Crippen LogP contribution is 2.37. The Bertz CT molecular complexity index is 1130. The number of hydrogen-bond donors (Lipinski definition) is 2. The number of hydrogen-bond acceptors (Lipinski definition) is 6. The Morgan fingerprint density at radius 2 is 2.03 bits per heavy atom. The molecule has 2 aromatic heterocycles. The van der Waals surface area contributed by atoms with Crippen molar-refractivity contribution in [1.29, 1.82) is 0 Å². The standard InChI is InChI=1S/C23H25FN4OS/c1-12-3-13(2)25-23-22(12)20(11-30-23)27-16-5-18-19(24)6-17(7-21(18)29-10-16)28-8-14-4-15(9-28)26-14/h3,6-7,11,14-16,26-27H,4-5,8-10H2,1-2H3/t14?,15?,16-/m1/s1. The molecule has 3 atom stereocenters. The van der Waals surface area contributed by atoms with Gasteiger partial charge in [-0.3, -0.25) is 0 Å². The Morgan fingerprint density at radius 3 is 2.83 bits per heavy atom. The van der Waals surface area contributed by atoms with Gasteiger partial charge in [0.15, 0.2) is 0 Å². The molecule has 0 amide bonds. The zero-order chi connectivity index (χ0) is 20.4. The predicted octanol–water partition coefficient (Wildman–Crippen LogP) is 4.02. The predicted molar refractivity (Wildman–Crippen MR) is 120 cm³/mol. The van der Waals surface area contributed by atoms with E-state index in [1.165, 1.54) is 12.0 Å². The molecule has 0 aliphatic carbocycles. The maximum atomic E-state index is 15.1. The highest BCUT2D eigenvalue weighted by atomic mass is 32.1. The van der Waals surface area contributed by atoms with Crippen LogP contribution in [0.1, 0.15) is 23.2 Å². The minimum absolute atomic E-state index is 0.0307. The van der Waals surface area contributed by atoms with E-state index in [0.29, 0.717) is 36.4 Å². The Labute approximate surface area is 179 Å². The van der Waals surface area contributed by atoms with Gasteiger partial charge in [0.1, 0.15) is 23.0 Å². The number of benzene rings is 1. The normalized spacial score (nSPS) is 24.9. The number of piperazine rings is 1. The molecular formula is C23H25FN4OS. The molecule has 0 saturated carbocycles. The van der Waals surface area contributed by atoms with Gasteiger partial charge < -0.3 is 20.3 Å². The highest BCUT2D eigenvalue weighted by molar-refractivity contribution is 7.17. The van der Waals surface area contributed by atoms with Gasteiger partial charge in [-0.05, 0) is 38.0 Å². The van der Waals surface area contributed by atoms with E-state index in [1.54, 1.807) is 17.4 Å². The first kappa shape index (κ1) is 18.4. The summed E-state index contributed by atoms with van der Waals surface area (Å²) < 4.78 is 21.1. The summed E-state index contributed by atoms with van der Waals surface area (Å²) in [5.41, 5.74) is 4.92. The number of nitrogens with zero attached hydrogens (tertiary/aromatic N) is 2. The summed E-state index contributed by atoms with van der Waals surface area (Å²) in [6.45, 7) is 6.54. The van der Waals surface area contributed by atoms with Gasteiger partial charge in [0.05, 0.1) is 11.7 Å². The second-order valence-corrected chi connectivity index (χ2v) is 9.73. The van der Waals surface area contributed by atoms with Crippen LogP contribution >= 0.6 is 11.3 Å². The van der Waals surface area contributed by atoms with Crippen LogP contribution in [0.5, 0.6) is 5.75 Å². The van der Waals surface area contributed by atoms with E-state index < -0.39 is 0 Å². The maximum Gasteiger partial charge on any atom is 0.132 e. The molecule has 2 bridgehead atoms. The van der Waals surface area contributed by atoms with Gasteiger partial charge in [-0.2, -0.15) is 0 Å². The largest absolute Gasteiger partial charge is 0.491 e. The summed E-state index contributed by atoms with van der Waals surface area (Å²) in [6, 6.07) is 6.93. The SMILES string of the molecule is Cc1cc(C)c2c(N[C@H]3COc4cc(N5CC6CC(C5)N6)cc(F)c4C3)csc2n1. The van der Waals surface area contributed by atoms with Crippen LogP contribution in [-0.2, 0) is 6.42 Å². The monoisotopic (exact) mass is 424 g/mol. The minimum Gasteiger partial charge on any atom is -0.491 e. The Balaban J connectivity index is 1.23. The molecule has 4 aliphatic heterocycles. The Hall–Kier alpha value is -2.38. The first-order valence-corrected chi connectivity index (χ1v) is 11.5. The second kappa shape index (κ2) is 6.82. The molecule has 1 aromatic carbocycles. The molecule has 7 rings (SSSR count). The van der Waals surface area contributed by atoms with E-state index >= 15 is 4.39 Å². The van der Waals surface area contributed by atoms with Crippen LogP contribution in [0, 0.1) is 19.7 Å². The van der Waals surface area contributed by atoms with Crippen molar-refractivity contribution in [3.05, 3.63) is 46.2 Å². The van der Waals surface area contributed by atoms with Crippen LogP contribution in [0.4, 0.5) is 15.8 Å². The molecule has 0 spiro atoms. The number of halogens is 1. The first-order chi connectivity index (χ1) is 14.5.